The van der Waals surface area contributed by atoms with Gasteiger partial charge in [-0.15, -0.1) is 0 Å². The standard InChI is InChI=1S/C11H15NO4S/c1-17(14,15)7-6-16-11(13)8-9-4-2-3-5-10(9)12/h2-5H,6-8,12H2,1H3. The molecule has 17 heavy (non-hydrogen) atoms. The van der Waals surface area contributed by atoms with Crippen molar-refractivity contribution in [3.63, 3.8) is 0 Å². The van der Waals surface area contributed by atoms with Crippen LogP contribution in [0, 0.1) is 0 Å². The average molecular weight is 257 g/mol. The van der Waals surface area contributed by atoms with Gasteiger partial charge in [0.2, 0.25) is 0 Å². The Hall–Kier alpha value is -1.56. The number of nitrogens with two attached hydrogens (primary N) is 1. The molecule has 0 saturated heterocycles. The third-order valence-corrected chi connectivity index (χ3v) is 3.02. The van der Waals surface area contributed by atoms with E-state index < -0.39 is 15.8 Å². The Bertz CT molecular complexity index is 496. The van der Waals surface area contributed by atoms with Crippen LogP contribution in [0.1, 0.15) is 5.56 Å². The summed E-state index contributed by atoms with van der Waals surface area (Å²) in [5, 5.41) is 0. The van der Waals surface area contributed by atoms with Gasteiger partial charge in [0.25, 0.3) is 0 Å². The highest BCUT2D eigenvalue weighted by molar-refractivity contribution is 7.90. The van der Waals surface area contributed by atoms with Crippen LogP contribution in [0.5, 0.6) is 0 Å². The molecular weight excluding hydrogens is 242 g/mol. The summed E-state index contributed by atoms with van der Waals surface area (Å²) in [6.07, 6.45) is 1.15. The SMILES string of the molecule is CS(=O)(=O)CCOC(=O)Cc1ccccc1N. The molecule has 0 atom stereocenters. The first-order chi connectivity index (χ1) is 7.88. The second kappa shape index (κ2) is 5.67. The Kier molecular flexibility index (Phi) is 4.51. The molecule has 1 aromatic carbocycles. The normalized spacial score (nSPS) is 11.1. The van der Waals surface area contributed by atoms with E-state index in [1.165, 1.54) is 0 Å². The van der Waals surface area contributed by atoms with E-state index in [-0.39, 0.29) is 18.8 Å². The molecule has 1 rings (SSSR count). The smallest absolute Gasteiger partial charge is 0.310 e. The third kappa shape index (κ3) is 5.35. The van der Waals surface area contributed by atoms with E-state index in [4.69, 9.17) is 10.5 Å². The second-order valence-corrected chi connectivity index (χ2v) is 5.99. The van der Waals surface area contributed by atoms with Crippen molar-refractivity contribution < 1.29 is 17.9 Å². The molecule has 2 N–H and O–H groups in total. The minimum absolute atomic E-state index is 0.0520. The van der Waals surface area contributed by atoms with E-state index in [9.17, 15) is 13.2 Å². The number of sulfone groups is 1. The van der Waals surface area contributed by atoms with Crippen LogP contribution >= 0.6 is 0 Å². The number of carbonyl (C=O) groups excluding carboxylic acids is 1. The van der Waals surface area contributed by atoms with Crippen molar-refractivity contribution in [1.29, 1.82) is 0 Å². The Morgan fingerprint density at radius 3 is 2.59 bits per heavy atom. The fraction of sp³-hybridized carbons (Fsp3) is 0.364. The van der Waals surface area contributed by atoms with Gasteiger partial charge in [0.05, 0.1) is 12.2 Å². The first-order valence-corrected chi connectivity index (χ1v) is 7.11. The highest BCUT2D eigenvalue weighted by Gasteiger charge is 2.09. The number of anilines is 1. The van der Waals surface area contributed by atoms with E-state index >= 15 is 0 Å². The molecule has 0 spiro atoms. The summed E-state index contributed by atoms with van der Waals surface area (Å²) < 4.78 is 26.4. The summed E-state index contributed by atoms with van der Waals surface area (Å²) in [7, 11) is -3.10. The molecule has 0 aliphatic carbocycles. The molecule has 0 unspecified atom stereocenters. The number of carbonyl (C=O) groups is 1. The minimum atomic E-state index is -3.10. The Morgan fingerprint density at radius 1 is 1.35 bits per heavy atom. The van der Waals surface area contributed by atoms with Gasteiger partial charge < -0.3 is 10.5 Å². The number of nitrogen functional groups attached to an aromatic ring is 1. The van der Waals surface area contributed by atoms with Crippen LogP contribution in [0.4, 0.5) is 5.69 Å². The molecule has 94 valence electrons. The van der Waals surface area contributed by atoms with Crippen molar-refractivity contribution in [1.82, 2.24) is 0 Å². The minimum Gasteiger partial charge on any atom is -0.464 e. The van der Waals surface area contributed by atoms with Crippen LogP contribution in [0.3, 0.4) is 0 Å². The number of benzene rings is 1. The summed E-state index contributed by atoms with van der Waals surface area (Å²) in [4.78, 5) is 11.4. The van der Waals surface area contributed by atoms with Crippen LogP contribution in [-0.2, 0) is 25.8 Å². The third-order valence-electron chi connectivity index (χ3n) is 2.11. The average Bonchev–Trinajstić information content (AvgIpc) is 2.19. The number of ether oxygens (including phenoxy) is 1. The number of hydrogen-bond acceptors (Lipinski definition) is 5. The lowest BCUT2D eigenvalue weighted by Gasteiger charge is -2.06. The maximum absolute atomic E-state index is 11.4. The molecule has 5 nitrogen and oxygen atoms in total. The van der Waals surface area contributed by atoms with Crippen molar-refractivity contribution in [3.8, 4) is 0 Å². The van der Waals surface area contributed by atoms with Gasteiger partial charge in [0.1, 0.15) is 6.61 Å². The highest BCUT2D eigenvalue weighted by Crippen LogP contribution is 2.11. The molecule has 0 aromatic heterocycles. The maximum Gasteiger partial charge on any atom is 0.310 e. The molecule has 0 fully saturated rings. The van der Waals surface area contributed by atoms with Crippen LogP contribution < -0.4 is 5.73 Å². The van der Waals surface area contributed by atoms with E-state index in [1.54, 1.807) is 24.3 Å². The number of rotatable bonds is 5. The number of esters is 1. The van der Waals surface area contributed by atoms with Crippen LogP contribution in [-0.4, -0.2) is 33.0 Å². The molecule has 0 bridgehead atoms. The molecule has 0 aliphatic heterocycles. The van der Waals surface area contributed by atoms with Crippen molar-refractivity contribution in [2.45, 2.75) is 6.42 Å². The zero-order chi connectivity index (χ0) is 12.9. The molecule has 0 radical (unpaired) electrons. The molecule has 0 saturated carbocycles. The molecule has 0 heterocycles. The van der Waals surface area contributed by atoms with Gasteiger partial charge in [-0.1, -0.05) is 18.2 Å². The molecule has 0 aliphatic rings. The van der Waals surface area contributed by atoms with Crippen molar-refractivity contribution >= 4 is 21.5 Å². The molecule has 6 heteroatoms. The molecular formula is C11H15NO4S. The topological polar surface area (TPSA) is 86.5 Å². The monoisotopic (exact) mass is 257 g/mol. The first kappa shape index (κ1) is 13.5. The number of para-hydroxylation sites is 1. The van der Waals surface area contributed by atoms with Crippen LogP contribution in [0.25, 0.3) is 0 Å². The van der Waals surface area contributed by atoms with E-state index in [0.29, 0.717) is 11.3 Å². The van der Waals surface area contributed by atoms with Gasteiger partial charge in [-0.05, 0) is 11.6 Å². The predicted octanol–water partition coefficient (Wildman–Crippen LogP) is 0.399. The quantitative estimate of drug-likeness (QED) is 0.609. The zero-order valence-electron chi connectivity index (χ0n) is 9.55. The molecule has 1 aromatic rings. The highest BCUT2D eigenvalue weighted by atomic mass is 32.2. The van der Waals surface area contributed by atoms with Crippen molar-refractivity contribution in [2.24, 2.45) is 0 Å². The second-order valence-electron chi connectivity index (χ2n) is 3.73. The first-order valence-electron chi connectivity index (χ1n) is 5.05. The summed E-state index contributed by atoms with van der Waals surface area (Å²) in [6.45, 7) is -0.121. The Balaban J connectivity index is 2.43. The van der Waals surface area contributed by atoms with Gasteiger partial charge in [-0.3, -0.25) is 4.79 Å². The summed E-state index contributed by atoms with van der Waals surface area (Å²) in [5.74, 6) is -0.644. The van der Waals surface area contributed by atoms with Gasteiger partial charge in [0, 0.05) is 11.9 Å². The predicted molar refractivity (Wildman–Crippen MR) is 65.2 cm³/mol. The summed E-state index contributed by atoms with van der Waals surface area (Å²) >= 11 is 0. The van der Waals surface area contributed by atoms with Crippen molar-refractivity contribution in [2.75, 3.05) is 24.3 Å². The summed E-state index contributed by atoms with van der Waals surface area (Å²) in [6, 6.07) is 6.97. The van der Waals surface area contributed by atoms with E-state index in [1.807, 2.05) is 0 Å². The van der Waals surface area contributed by atoms with Gasteiger partial charge in [0.15, 0.2) is 9.84 Å². The van der Waals surface area contributed by atoms with Crippen molar-refractivity contribution in [3.05, 3.63) is 29.8 Å². The van der Waals surface area contributed by atoms with E-state index in [2.05, 4.69) is 0 Å². The van der Waals surface area contributed by atoms with Gasteiger partial charge in [-0.25, -0.2) is 8.42 Å². The lowest BCUT2D eigenvalue weighted by molar-refractivity contribution is -0.142. The zero-order valence-corrected chi connectivity index (χ0v) is 10.4. The van der Waals surface area contributed by atoms with Crippen LogP contribution in [0.15, 0.2) is 24.3 Å². The van der Waals surface area contributed by atoms with Gasteiger partial charge >= 0.3 is 5.97 Å². The number of hydrogen-bond donors (Lipinski definition) is 1. The lowest BCUT2D eigenvalue weighted by Crippen LogP contribution is -2.16. The maximum atomic E-state index is 11.4. The van der Waals surface area contributed by atoms with Crippen LogP contribution in [0.2, 0.25) is 0 Å². The van der Waals surface area contributed by atoms with Gasteiger partial charge in [-0.2, -0.15) is 0 Å². The lowest BCUT2D eigenvalue weighted by atomic mass is 10.1. The van der Waals surface area contributed by atoms with E-state index in [0.717, 1.165) is 6.26 Å². The Morgan fingerprint density at radius 2 is 2.00 bits per heavy atom. The largest absolute Gasteiger partial charge is 0.464 e. The fourth-order valence-corrected chi connectivity index (χ4v) is 1.59. The fourth-order valence-electron chi connectivity index (χ4n) is 1.21. The molecule has 0 amide bonds. The Labute approximate surface area is 100 Å². The summed E-state index contributed by atoms with van der Waals surface area (Å²) in [5.41, 5.74) is 6.86.